The second-order valence-electron chi connectivity index (χ2n) is 5.13. The highest BCUT2D eigenvalue weighted by atomic mass is 16.5. The van der Waals surface area contributed by atoms with Crippen LogP contribution < -0.4 is 0 Å². The second kappa shape index (κ2) is 4.69. The number of nitrogens with one attached hydrogen (secondary N) is 1. The van der Waals surface area contributed by atoms with E-state index in [-0.39, 0.29) is 0 Å². The van der Waals surface area contributed by atoms with E-state index in [0.29, 0.717) is 12.0 Å². The number of pyridine rings is 1. The number of aryl methyl sites for hydroxylation is 1. The summed E-state index contributed by atoms with van der Waals surface area (Å²) < 4.78 is 5.58. The first-order chi connectivity index (χ1) is 8.76. The molecule has 3 rings (SSSR count). The van der Waals surface area contributed by atoms with E-state index in [0.717, 1.165) is 42.9 Å². The molecule has 4 nitrogen and oxygen atoms in total. The Bertz CT molecular complexity index is 543. The number of fused-ring (bicyclic) bond motifs is 1. The predicted octanol–water partition coefficient (Wildman–Crippen LogP) is 2.62. The van der Waals surface area contributed by atoms with Gasteiger partial charge in [-0.05, 0) is 44.2 Å². The highest BCUT2D eigenvalue weighted by molar-refractivity contribution is 5.74. The summed E-state index contributed by atoms with van der Waals surface area (Å²) in [5, 5.41) is 0. The SMILES string of the molecule is CCOC1CC(Cc2nc3nccc(C)c3[nH]2)C1. The van der Waals surface area contributed by atoms with Crippen LogP contribution in [0.3, 0.4) is 0 Å². The van der Waals surface area contributed by atoms with E-state index in [4.69, 9.17) is 4.74 Å². The van der Waals surface area contributed by atoms with Gasteiger partial charge in [-0.25, -0.2) is 9.97 Å². The molecule has 0 saturated heterocycles. The molecule has 0 atom stereocenters. The van der Waals surface area contributed by atoms with Crippen LogP contribution in [-0.4, -0.2) is 27.7 Å². The molecule has 18 heavy (non-hydrogen) atoms. The monoisotopic (exact) mass is 245 g/mol. The van der Waals surface area contributed by atoms with Gasteiger partial charge in [0.1, 0.15) is 5.82 Å². The van der Waals surface area contributed by atoms with Crippen molar-refractivity contribution in [3.05, 3.63) is 23.7 Å². The summed E-state index contributed by atoms with van der Waals surface area (Å²) >= 11 is 0. The van der Waals surface area contributed by atoms with Crippen molar-refractivity contribution in [2.75, 3.05) is 6.61 Å². The van der Waals surface area contributed by atoms with Crippen LogP contribution in [0.2, 0.25) is 0 Å². The number of H-pyrrole nitrogens is 1. The fourth-order valence-electron chi connectivity index (χ4n) is 2.67. The van der Waals surface area contributed by atoms with E-state index in [1.54, 1.807) is 0 Å². The third kappa shape index (κ3) is 2.12. The topological polar surface area (TPSA) is 50.8 Å². The summed E-state index contributed by atoms with van der Waals surface area (Å²) in [6, 6.07) is 2.01. The van der Waals surface area contributed by atoms with Crippen molar-refractivity contribution >= 4 is 11.2 Å². The lowest BCUT2D eigenvalue weighted by Crippen LogP contribution is -2.32. The van der Waals surface area contributed by atoms with Gasteiger partial charge in [0.2, 0.25) is 0 Å². The molecule has 4 heteroatoms. The Morgan fingerprint density at radius 1 is 1.44 bits per heavy atom. The standard InChI is InChI=1S/C14H19N3O/c1-3-18-11-6-10(7-11)8-12-16-13-9(2)4-5-15-14(13)17-12/h4-5,10-11H,3,6-8H2,1-2H3,(H,15,16,17). The molecule has 0 radical (unpaired) electrons. The summed E-state index contributed by atoms with van der Waals surface area (Å²) in [4.78, 5) is 12.2. The maximum Gasteiger partial charge on any atom is 0.177 e. The van der Waals surface area contributed by atoms with Gasteiger partial charge in [0.05, 0.1) is 11.6 Å². The highest BCUT2D eigenvalue weighted by Crippen LogP contribution is 2.32. The molecule has 0 aromatic carbocycles. The number of aromatic nitrogens is 3. The number of imidazole rings is 1. The molecule has 1 N–H and O–H groups in total. The van der Waals surface area contributed by atoms with Crippen molar-refractivity contribution in [2.45, 2.75) is 39.2 Å². The van der Waals surface area contributed by atoms with Gasteiger partial charge in [-0.2, -0.15) is 0 Å². The highest BCUT2D eigenvalue weighted by Gasteiger charge is 2.30. The minimum Gasteiger partial charge on any atom is -0.378 e. The molecule has 2 aromatic heterocycles. The van der Waals surface area contributed by atoms with Gasteiger partial charge in [-0.1, -0.05) is 0 Å². The molecule has 2 aromatic rings. The number of rotatable bonds is 4. The van der Waals surface area contributed by atoms with Crippen LogP contribution in [-0.2, 0) is 11.2 Å². The largest absolute Gasteiger partial charge is 0.378 e. The lowest BCUT2D eigenvalue weighted by Gasteiger charge is -2.34. The van der Waals surface area contributed by atoms with Crippen LogP contribution >= 0.6 is 0 Å². The third-order valence-corrected chi connectivity index (χ3v) is 3.73. The molecule has 1 fully saturated rings. The molecular formula is C14H19N3O. The van der Waals surface area contributed by atoms with Crippen molar-refractivity contribution in [3.8, 4) is 0 Å². The van der Waals surface area contributed by atoms with Crippen LogP contribution in [0, 0.1) is 12.8 Å². The summed E-state index contributed by atoms with van der Waals surface area (Å²) in [7, 11) is 0. The van der Waals surface area contributed by atoms with Gasteiger partial charge < -0.3 is 9.72 Å². The lowest BCUT2D eigenvalue weighted by atomic mass is 9.80. The molecule has 0 amide bonds. The lowest BCUT2D eigenvalue weighted by molar-refractivity contribution is -0.0244. The summed E-state index contributed by atoms with van der Waals surface area (Å²) in [5.41, 5.74) is 3.12. The van der Waals surface area contributed by atoms with Gasteiger partial charge in [-0.3, -0.25) is 0 Å². The van der Waals surface area contributed by atoms with Crippen LogP contribution in [0.15, 0.2) is 12.3 Å². The van der Waals surface area contributed by atoms with E-state index in [2.05, 4.69) is 28.8 Å². The molecule has 96 valence electrons. The molecule has 2 heterocycles. The van der Waals surface area contributed by atoms with E-state index < -0.39 is 0 Å². The predicted molar refractivity (Wildman–Crippen MR) is 70.5 cm³/mol. The average molecular weight is 245 g/mol. The van der Waals surface area contributed by atoms with Gasteiger partial charge in [0, 0.05) is 19.2 Å². The minimum atomic E-state index is 0.476. The quantitative estimate of drug-likeness (QED) is 0.900. The first-order valence-corrected chi connectivity index (χ1v) is 6.68. The van der Waals surface area contributed by atoms with Crippen LogP contribution in [0.4, 0.5) is 0 Å². The van der Waals surface area contributed by atoms with Crippen LogP contribution in [0.25, 0.3) is 11.2 Å². The number of nitrogens with zero attached hydrogens (tertiary/aromatic N) is 2. The van der Waals surface area contributed by atoms with E-state index in [1.807, 2.05) is 12.3 Å². The maximum atomic E-state index is 5.58. The molecule has 1 aliphatic rings. The zero-order valence-corrected chi connectivity index (χ0v) is 10.9. The zero-order chi connectivity index (χ0) is 12.5. The number of hydrogen-bond donors (Lipinski definition) is 1. The van der Waals surface area contributed by atoms with Gasteiger partial charge in [0.25, 0.3) is 0 Å². The van der Waals surface area contributed by atoms with Gasteiger partial charge in [-0.15, -0.1) is 0 Å². The fourth-order valence-corrected chi connectivity index (χ4v) is 2.67. The fraction of sp³-hybridized carbons (Fsp3) is 0.571. The van der Waals surface area contributed by atoms with Crippen LogP contribution in [0.1, 0.15) is 31.2 Å². The van der Waals surface area contributed by atoms with Gasteiger partial charge >= 0.3 is 0 Å². The average Bonchev–Trinajstić information content (AvgIpc) is 2.71. The summed E-state index contributed by atoms with van der Waals surface area (Å²) in [5.74, 6) is 1.77. The van der Waals surface area contributed by atoms with Crippen molar-refractivity contribution in [1.29, 1.82) is 0 Å². The van der Waals surface area contributed by atoms with Crippen molar-refractivity contribution in [1.82, 2.24) is 15.0 Å². The summed E-state index contributed by atoms with van der Waals surface area (Å²) in [6.07, 6.45) is 5.63. The Morgan fingerprint density at radius 3 is 3.00 bits per heavy atom. The first kappa shape index (κ1) is 11.7. The number of hydrogen-bond acceptors (Lipinski definition) is 3. The van der Waals surface area contributed by atoms with Gasteiger partial charge in [0.15, 0.2) is 5.65 Å². The number of ether oxygens (including phenoxy) is 1. The Kier molecular flexibility index (Phi) is 3.04. The normalized spacial score (nSPS) is 23.2. The van der Waals surface area contributed by atoms with E-state index in [9.17, 15) is 0 Å². The smallest absolute Gasteiger partial charge is 0.177 e. The molecular weight excluding hydrogens is 226 g/mol. The number of aromatic amines is 1. The third-order valence-electron chi connectivity index (χ3n) is 3.73. The molecule has 1 saturated carbocycles. The Labute approximate surface area is 107 Å². The summed E-state index contributed by atoms with van der Waals surface area (Å²) in [6.45, 7) is 4.96. The Hall–Kier alpha value is -1.42. The van der Waals surface area contributed by atoms with E-state index in [1.165, 1.54) is 5.56 Å². The van der Waals surface area contributed by atoms with E-state index >= 15 is 0 Å². The Morgan fingerprint density at radius 2 is 2.28 bits per heavy atom. The maximum absolute atomic E-state index is 5.58. The molecule has 0 bridgehead atoms. The molecule has 0 aliphatic heterocycles. The first-order valence-electron chi connectivity index (χ1n) is 6.68. The molecule has 1 aliphatic carbocycles. The Balaban J connectivity index is 1.67. The minimum absolute atomic E-state index is 0.476. The molecule has 0 spiro atoms. The van der Waals surface area contributed by atoms with Crippen molar-refractivity contribution in [3.63, 3.8) is 0 Å². The zero-order valence-electron chi connectivity index (χ0n) is 10.9. The van der Waals surface area contributed by atoms with Crippen LogP contribution in [0.5, 0.6) is 0 Å². The van der Waals surface area contributed by atoms with Crippen molar-refractivity contribution < 1.29 is 4.74 Å². The second-order valence-corrected chi connectivity index (χ2v) is 5.13. The molecule has 0 unspecified atom stereocenters. The van der Waals surface area contributed by atoms with Crippen molar-refractivity contribution in [2.24, 2.45) is 5.92 Å².